The molecular formula is C12H15ClN2O3. The fraction of sp³-hybridized carbons (Fsp3) is 0.417. The third kappa shape index (κ3) is 3.35. The summed E-state index contributed by atoms with van der Waals surface area (Å²) in [6, 6.07) is 4.79. The fourth-order valence-corrected chi connectivity index (χ4v) is 1.81. The van der Waals surface area contributed by atoms with Crippen molar-refractivity contribution >= 4 is 23.2 Å². The maximum Gasteiger partial charge on any atom is 0.251 e. The Labute approximate surface area is 110 Å². The zero-order valence-electron chi connectivity index (χ0n) is 9.82. The maximum absolute atomic E-state index is 11.8. The average Bonchev–Trinajstić information content (AvgIpc) is 2.40. The number of amides is 1. The van der Waals surface area contributed by atoms with Crippen molar-refractivity contribution in [2.75, 3.05) is 32.1 Å². The van der Waals surface area contributed by atoms with Gasteiger partial charge in [-0.25, -0.2) is 0 Å². The second-order valence-corrected chi connectivity index (χ2v) is 4.42. The van der Waals surface area contributed by atoms with Crippen LogP contribution in [0.2, 0.25) is 5.02 Å². The molecule has 6 heteroatoms. The minimum atomic E-state index is -0.203. The highest BCUT2D eigenvalue weighted by Crippen LogP contribution is 2.19. The standard InChI is InChI=1S/C12H15ClN2O3/c13-10-5-8(1-2-11(10)14)12(16)15-6-9-7-17-3-4-18-9/h1-2,5,9H,3-4,6-7,14H2,(H,15,16). The Morgan fingerprint density at radius 3 is 3.00 bits per heavy atom. The largest absolute Gasteiger partial charge is 0.398 e. The summed E-state index contributed by atoms with van der Waals surface area (Å²) in [5.41, 5.74) is 6.51. The quantitative estimate of drug-likeness (QED) is 0.806. The van der Waals surface area contributed by atoms with Gasteiger partial charge in [-0.15, -0.1) is 0 Å². The van der Waals surface area contributed by atoms with E-state index in [9.17, 15) is 4.79 Å². The van der Waals surface area contributed by atoms with E-state index in [1.54, 1.807) is 18.2 Å². The summed E-state index contributed by atoms with van der Waals surface area (Å²) in [4.78, 5) is 11.8. The average molecular weight is 271 g/mol. The molecule has 1 amide bonds. The molecule has 1 aromatic carbocycles. The Kier molecular flexibility index (Phi) is 4.41. The second kappa shape index (κ2) is 6.04. The smallest absolute Gasteiger partial charge is 0.251 e. The van der Waals surface area contributed by atoms with Gasteiger partial charge in [-0.1, -0.05) is 11.6 Å². The number of rotatable bonds is 3. The molecule has 0 aliphatic carbocycles. The predicted octanol–water partition coefficient (Wildman–Crippen LogP) is 1.07. The molecule has 0 bridgehead atoms. The summed E-state index contributed by atoms with van der Waals surface area (Å²) in [5.74, 6) is -0.203. The number of anilines is 1. The molecule has 1 heterocycles. The Balaban J connectivity index is 1.88. The minimum Gasteiger partial charge on any atom is -0.398 e. The van der Waals surface area contributed by atoms with Crippen molar-refractivity contribution in [2.45, 2.75) is 6.10 Å². The summed E-state index contributed by atoms with van der Waals surface area (Å²) in [6.07, 6.45) is -0.0908. The number of carbonyl (C=O) groups excluding carboxylic acids is 1. The Bertz CT molecular complexity index is 433. The third-order valence-electron chi connectivity index (χ3n) is 2.64. The third-order valence-corrected chi connectivity index (χ3v) is 2.97. The number of ether oxygens (including phenoxy) is 2. The van der Waals surface area contributed by atoms with E-state index in [1.165, 1.54) is 0 Å². The lowest BCUT2D eigenvalue weighted by atomic mass is 10.2. The molecule has 1 fully saturated rings. The van der Waals surface area contributed by atoms with Crippen LogP contribution in [-0.4, -0.2) is 38.4 Å². The van der Waals surface area contributed by atoms with Gasteiger partial charge in [-0.3, -0.25) is 4.79 Å². The first kappa shape index (κ1) is 13.1. The summed E-state index contributed by atoms with van der Waals surface area (Å²) < 4.78 is 10.7. The highest BCUT2D eigenvalue weighted by Gasteiger charge is 2.16. The van der Waals surface area contributed by atoms with Crippen LogP contribution in [-0.2, 0) is 9.47 Å². The molecule has 1 aliphatic rings. The molecule has 1 unspecified atom stereocenters. The molecule has 1 aromatic rings. The molecule has 0 spiro atoms. The van der Waals surface area contributed by atoms with E-state index in [4.69, 9.17) is 26.8 Å². The predicted molar refractivity (Wildman–Crippen MR) is 68.8 cm³/mol. The molecule has 3 N–H and O–H groups in total. The van der Waals surface area contributed by atoms with Crippen LogP contribution in [0.1, 0.15) is 10.4 Å². The van der Waals surface area contributed by atoms with Gasteiger partial charge in [-0.05, 0) is 18.2 Å². The van der Waals surface area contributed by atoms with E-state index < -0.39 is 0 Å². The molecule has 0 aromatic heterocycles. The van der Waals surface area contributed by atoms with Crippen LogP contribution in [0, 0.1) is 0 Å². The molecule has 2 rings (SSSR count). The number of hydrogen-bond donors (Lipinski definition) is 2. The molecule has 5 nitrogen and oxygen atoms in total. The van der Waals surface area contributed by atoms with Gasteiger partial charge in [0.05, 0.1) is 36.6 Å². The van der Waals surface area contributed by atoms with Gasteiger partial charge in [0.2, 0.25) is 0 Å². The van der Waals surface area contributed by atoms with E-state index >= 15 is 0 Å². The zero-order valence-corrected chi connectivity index (χ0v) is 10.6. The minimum absolute atomic E-state index is 0.0908. The van der Waals surface area contributed by atoms with Crippen molar-refractivity contribution in [2.24, 2.45) is 0 Å². The number of nitrogen functional groups attached to an aromatic ring is 1. The molecule has 98 valence electrons. The van der Waals surface area contributed by atoms with E-state index in [2.05, 4.69) is 5.32 Å². The molecule has 18 heavy (non-hydrogen) atoms. The SMILES string of the molecule is Nc1ccc(C(=O)NCC2COCCO2)cc1Cl. The van der Waals surface area contributed by atoms with E-state index in [0.717, 1.165) is 0 Å². The van der Waals surface area contributed by atoms with Crippen LogP contribution in [0.15, 0.2) is 18.2 Å². The van der Waals surface area contributed by atoms with Crippen molar-refractivity contribution in [3.05, 3.63) is 28.8 Å². The summed E-state index contributed by atoms with van der Waals surface area (Å²) in [5, 5.41) is 3.15. The monoisotopic (exact) mass is 270 g/mol. The van der Waals surface area contributed by atoms with Gasteiger partial charge in [-0.2, -0.15) is 0 Å². The van der Waals surface area contributed by atoms with Gasteiger partial charge in [0.1, 0.15) is 0 Å². The molecular weight excluding hydrogens is 256 g/mol. The van der Waals surface area contributed by atoms with Gasteiger partial charge in [0.15, 0.2) is 0 Å². The highest BCUT2D eigenvalue weighted by atomic mass is 35.5. The number of carbonyl (C=O) groups is 1. The first-order valence-corrected chi connectivity index (χ1v) is 6.07. The van der Waals surface area contributed by atoms with Crippen LogP contribution < -0.4 is 11.1 Å². The van der Waals surface area contributed by atoms with Crippen molar-refractivity contribution in [1.29, 1.82) is 0 Å². The van der Waals surface area contributed by atoms with E-state index in [1.807, 2.05) is 0 Å². The lowest BCUT2D eigenvalue weighted by Gasteiger charge is -2.23. The first-order chi connectivity index (χ1) is 8.66. The van der Waals surface area contributed by atoms with E-state index in [0.29, 0.717) is 42.6 Å². The van der Waals surface area contributed by atoms with Gasteiger partial charge in [0.25, 0.3) is 5.91 Å². The summed E-state index contributed by atoms with van der Waals surface area (Å²) >= 11 is 5.86. The number of hydrogen-bond acceptors (Lipinski definition) is 4. The van der Waals surface area contributed by atoms with Crippen LogP contribution >= 0.6 is 11.6 Å². The molecule has 1 aliphatic heterocycles. The van der Waals surface area contributed by atoms with Crippen molar-refractivity contribution in [3.8, 4) is 0 Å². The lowest BCUT2D eigenvalue weighted by molar-refractivity contribution is -0.0855. The van der Waals surface area contributed by atoms with Crippen LogP contribution in [0.5, 0.6) is 0 Å². The second-order valence-electron chi connectivity index (χ2n) is 4.01. The Morgan fingerprint density at radius 1 is 1.50 bits per heavy atom. The number of halogens is 1. The first-order valence-electron chi connectivity index (χ1n) is 5.69. The van der Waals surface area contributed by atoms with Crippen LogP contribution in [0.25, 0.3) is 0 Å². The lowest BCUT2D eigenvalue weighted by Crippen LogP contribution is -2.39. The Hall–Kier alpha value is -1.30. The maximum atomic E-state index is 11.8. The summed E-state index contributed by atoms with van der Waals surface area (Å²) in [6.45, 7) is 2.09. The van der Waals surface area contributed by atoms with Crippen LogP contribution in [0.3, 0.4) is 0 Å². The molecule has 1 atom stereocenters. The van der Waals surface area contributed by atoms with Gasteiger partial charge < -0.3 is 20.5 Å². The van der Waals surface area contributed by atoms with Crippen LogP contribution in [0.4, 0.5) is 5.69 Å². The van der Waals surface area contributed by atoms with E-state index in [-0.39, 0.29) is 12.0 Å². The normalized spacial score (nSPS) is 19.5. The Morgan fingerprint density at radius 2 is 2.33 bits per heavy atom. The number of nitrogens with one attached hydrogen (secondary N) is 1. The van der Waals surface area contributed by atoms with Crippen molar-refractivity contribution in [3.63, 3.8) is 0 Å². The number of benzene rings is 1. The van der Waals surface area contributed by atoms with Crippen molar-refractivity contribution < 1.29 is 14.3 Å². The zero-order chi connectivity index (χ0) is 13.0. The molecule has 1 saturated heterocycles. The molecule has 0 saturated carbocycles. The van der Waals surface area contributed by atoms with Crippen molar-refractivity contribution in [1.82, 2.24) is 5.32 Å². The van der Waals surface area contributed by atoms with Gasteiger partial charge in [0, 0.05) is 12.1 Å². The molecule has 0 radical (unpaired) electrons. The summed E-state index contributed by atoms with van der Waals surface area (Å²) in [7, 11) is 0. The van der Waals surface area contributed by atoms with Gasteiger partial charge >= 0.3 is 0 Å². The fourth-order valence-electron chi connectivity index (χ4n) is 1.63. The topological polar surface area (TPSA) is 73.6 Å². The highest BCUT2D eigenvalue weighted by molar-refractivity contribution is 6.33. The number of nitrogens with two attached hydrogens (primary N) is 1.